The van der Waals surface area contributed by atoms with E-state index in [0.717, 1.165) is 33.7 Å². The smallest absolute Gasteiger partial charge is 0.180 e. The lowest BCUT2D eigenvalue weighted by atomic mass is 9.91. The fourth-order valence-corrected chi connectivity index (χ4v) is 3.11. The first-order valence-electron chi connectivity index (χ1n) is 7.08. The second-order valence-electron chi connectivity index (χ2n) is 5.92. The first-order valence-corrected chi connectivity index (χ1v) is 7.87. The van der Waals surface area contributed by atoms with Crippen molar-refractivity contribution in [2.75, 3.05) is 12.4 Å². The minimum atomic E-state index is -0.0801. The summed E-state index contributed by atoms with van der Waals surface area (Å²) in [6.45, 7) is 8.54. The molecule has 0 atom stereocenters. The molecule has 0 bridgehead atoms. The van der Waals surface area contributed by atoms with Crippen molar-refractivity contribution in [2.24, 2.45) is 0 Å². The van der Waals surface area contributed by atoms with Gasteiger partial charge < -0.3 is 5.32 Å². The van der Waals surface area contributed by atoms with Gasteiger partial charge in [0.05, 0.1) is 10.2 Å². The Hall–Kier alpha value is -1.49. The third-order valence-corrected chi connectivity index (χ3v) is 4.03. The molecule has 0 fully saturated rings. The van der Waals surface area contributed by atoms with Crippen molar-refractivity contribution in [2.45, 2.75) is 39.5 Å². The van der Waals surface area contributed by atoms with E-state index in [1.54, 1.807) is 6.20 Å². The number of hydrogen-bond donors (Lipinski definition) is 1. The first kappa shape index (κ1) is 15.9. The van der Waals surface area contributed by atoms with Gasteiger partial charge in [0.25, 0.3) is 0 Å². The molecule has 2 heterocycles. The number of rotatable bonds is 3. The van der Waals surface area contributed by atoms with Crippen molar-refractivity contribution >= 4 is 21.7 Å². The Balaban J connectivity index is 2.70. The molecule has 112 valence electrons. The molecule has 0 aliphatic carbocycles. The molecule has 0 radical (unpaired) electrons. The van der Waals surface area contributed by atoms with Gasteiger partial charge in [-0.1, -0.05) is 33.8 Å². The summed E-state index contributed by atoms with van der Waals surface area (Å²) >= 11 is 3.61. The second-order valence-corrected chi connectivity index (χ2v) is 6.72. The second kappa shape index (κ2) is 6.10. The zero-order valence-electron chi connectivity index (χ0n) is 13.2. The van der Waals surface area contributed by atoms with Crippen LogP contribution in [0.4, 0.5) is 5.82 Å². The SMILES string of the molecule is CCc1cccnc1-c1nc(NC)c(Br)c(C(C)(C)C)n1. The Morgan fingerprint density at radius 3 is 2.52 bits per heavy atom. The van der Waals surface area contributed by atoms with E-state index in [0.29, 0.717) is 5.82 Å². The van der Waals surface area contributed by atoms with Crippen molar-refractivity contribution in [1.82, 2.24) is 15.0 Å². The van der Waals surface area contributed by atoms with Gasteiger partial charge in [0.1, 0.15) is 11.5 Å². The Morgan fingerprint density at radius 2 is 1.95 bits per heavy atom. The Kier molecular flexibility index (Phi) is 4.61. The van der Waals surface area contributed by atoms with Crippen LogP contribution in [0.25, 0.3) is 11.5 Å². The van der Waals surface area contributed by atoms with Crippen LogP contribution in [0.15, 0.2) is 22.8 Å². The average molecular weight is 349 g/mol. The molecule has 4 nitrogen and oxygen atoms in total. The van der Waals surface area contributed by atoms with E-state index < -0.39 is 0 Å². The van der Waals surface area contributed by atoms with Gasteiger partial charge in [0.2, 0.25) is 0 Å². The van der Waals surface area contributed by atoms with E-state index in [9.17, 15) is 0 Å². The topological polar surface area (TPSA) is 50.7 Å². The summed E-state index contributed by atoms with van der Waals surface area (Å²) in [7, 11) is 1.86. The highest BCUT2D eigenvalue weighted by Crippen LogP contribution is 2.34. The molecular formula is C16H21BrN4. The molecule has 0 aliphatic heterocycles. The fraction of sp³-hybridized carbons (Fsp3) is 0.438. The average Bonchev–Trinajstić information content (AvgIpc) is 2.46. The molecule has 0 aliphatic rings. The quantitative estimate of drug-likeness (QED) is 0.902. The summed E-state index contributed by atoms with van der Waals surface area (Å²) in [6, 6.07) is 4.02. The predicted octanol–water partition coefficient (Wildman–Crippen LogP) is 4.20. The molecule has 0 saturated carbocycles. The summed E-state index contributed by atoms with van der Waals surface area (Å²) in [6.07, 6.45) is 2.69. The molecule has 0 saturated heterocycles. The number of aromatic nitrogens is 3. The van der Waals surface area contributed by atoms with E-state index in [-0.39, 0.29) is 5.41 Å². The van der Waals surface area contributed by atoms with Crippen LogP contribution in [0.5, 0.6) is 0 Å². The van der Waals surface area contributed by atoms with E-state index >= 15 is 0 Å². The third kappa shape index (κ3) is 3.23. The number of anilines is 1. The third-order valence-electron chi connectivity index (χ3n) is 3.28. The van der Waals surface area contributed by atoms with Gasteiger partial charge in [-0.15, -0.1) is 0 Å². The molecule has 0 aromatic carbocycles. The maximum absolute atomic E-state index is 4.77. The standard InChI is InChI=1S/C16H21BrN4/c1-6-10-8-7-9-19-12(10)15-20-13(16(2,3)4)11(17)14(18-5)21-15/h7-9H,6H2,1-5H3,(H,18,20,21). The number of hydrogen-bond acceptors (Lipinski definition) is 4. The highest BCUT2D eigenvalue weighted by atomic mass is 79.9. The zero-order valence-corrected chi connectivity index (χ0v) is 14.7. The largest absolute Gasteiger partial charge is 0.372 e. The van der Waals surface area contributed by atoms with E-state index in [2.05, 4.69) is 65.0 Å². The number of aryl methyl sites for hydroxylation is 1. The lowest BCUT2D eigenvalue weighted by molar-refractivity contribution is 0.564. The molecule has 0 amide bonds. The van der Waals surface area contributed by atoms with Crippen molar-refractivity contribution in [3.05, 3.63) is 34.1 Å². The van der Waals surface area contributed by atoms with Crippen LogP contribution in [-0.2, 0) is 11.8 Å². The van der Waals surface area contributed by atoms with Gasteiger partial charge >= 0.3 is 0 Å². The van der Waals surface area contributed by atoms with Crippen LogP contribution in [0.3, 0.4) is 0 Å². The van der Waals surface area contributed by atoms with Crippen molar-refractivity contribution in [3.8, 4) is 11.5 Å². The maximum Gasteiger partial charge on any atom is 0.180 e. The summed E-state index contributed by atoms with van der Waals surface area (Å²) in [5.41, 5.74) is 2.91. The summed E-state index contributed by atoms with van der Waals surface area (Å²) in [5, 5.41) is 3.13. The Labute approximate surface area is 134 Å². The van der Waals surface area contributed by atoms with Crippen molar-refractivity contribution in [1.29, 1.82) is 0 Å². The van der Waals surface area contributed by atoms with E-state index in [1.165, 1.54) is 0 Å². The van der Waals surface area contributed by atoms with Crippen LogP contribution >= 0.6 is 15.9 Å². The Morgan fingerprint density at radius 1 is 1.24 bits per heavy atom. The number of halogens is 1. The molecule has 0 spiro atoms. The van der Waals surface area contributed by atoms with Gasteiger partial charge in [0.15, 0.2) is 5.82 Å². The molecule has 5 heteroatoms. The number of pyridine rings is 1. The lowest BCUT2D eigenvalue weighted by Crippen LogP contribution is -2.17. The summed E-state index contributed by atoms with van der Waals surface area (Å²) < 4.78 is 0.912. The van der Waals surface area contributed by atoms with Crippen LogP contribution in [0.1, 0.15) is 39.0 Å². The van der Waals surface area contributed by atoms with E-state index in [4.69, 9.17) is 4.98 Å². The van der Waals surface area contributed by atoms with Gasteiger partial charge in [-0.2, -0.15) is 0 Å². The van der Waals surface area contributed by atoms with Gasteiger partial charge in [0, 0.05) is 18.7 Å². The monoisotopic (exact) mass is 348 g/mol. The number of nitrogens with zero attached hydrogens (tertiary/aromatic N) is 3. The molecule has 0 unspecified atom stereocenters. The number of nitrogens with one attached hydrogen (secondary N) is 1. The normalized spacial score (nSPS) is 11.5. The highest BCUT2D eigenvalue weighted by Gasteiger charge is 2.24. The van der Waals surface area contributed by atoms with Gasteiger partial charge in [-0.05, 0) is 34.0 Å². The van der Waals surface area contributed by atoms with Crippen molar-refractivity contribution < 1.29 is 0 Å². The molecule has 21 heavy (non-hydrogen) atoms. The molecule has 2 aromatic heterocycles. The Bertz CT molecular complexity index is 647. The predicted molar refractivity (Wildman–Crippen MR) is 90.6 cm³/mol. The minimum absolute atomic E-state index is 0.0801. The molecule has 2 rings (SSSR count). The summed E-state index contributed by atoms with van der Waals surface area (Å²) in [5.74, 6) is 1.46. The zero-order chi connectivity index (χ0) is 15.6. The maximum atomic E-state index is 4.77. The van der Waals surface area contributed by atoms with Gasteiger partial charge in [-0.25, -0.2) is 9.97 Å². The van der Waals surface area contributed by atoms with Crippen LogP contribution in [0, 0.1) is 0 Å². The molecule has 1 N–H and O–H groups in total. The minimum Gasteiger partial charge on any atom is -0.372 e. The van der Waals surface area contributed by atoms with Crippen LogP contribution in [-0.4, -0.2) is 22.0 Å². The van der Waals surface area contributed by atoms with Crippen LogP contribution in [0.2, 0.25) is 0 Å². The lowest BCUT2D eigenvalue weighted by Gasteiger charge is -2.21. The highest BCUT2D eigenvalue weighted by molar-refractivity contribution is 9.10. The fourth-order valence-electron chi connectivity index (χ4n) is 2.14. The van der Waals surface area contributed by atoms with Crippen molar-refractivity contribution in [3.63, 3.8) is 0 Å². The van der Waals surface area contributed by atoms with E-state index in [1.807, 2.05) is 13.1 Å². The summed E-state index contributed by atoms with van der Waals surface area (Å²) in [4.78, 5) is 13.9. The first-order chi connectivity index (χ1) is 9.88. The molecular weight excluding hydrogens is 328 g/mol. The molecule has 2 aromatic rings. The van der Waals surface area contributed by atoms with Crippen LogP contribution < -0.4 is 5.32 Å². The van der Waals surface area contributed by atoms with Gasteiger partial charge in [-0.3, -0.25) is 4.98 Å².